The summed E-state index contributed by atoms with van der Waals surface area (Å²) in [6.07, 6.45) is 4.10. The van der Waals surface area contributed by atoms with Crippen LogP contribution in [0.15, 0.2) is 60.0 Å². The molecule has 10 heteroatoms. The molecule has 0 atom stereocenters. The van der Waals surface area contributed by atoms with Gasteiger partial charge in [-0.3, -0.25) is 9.59 Å². The van der Waals surface area contributed by atoms with Gasteiger partial charge in [0.15, 0.2) is 0 Å². The third kappa shape index (κ3) is 6.97. The number of hydrogen-bond donors (Lipinski definition) is 1. The molecule has 1 aliphatic heterocycles. The van der Waals surface area contributed by atoms with Crippen LogP contribution in [0.2, 0.25) is 10.0 Å². The maximum Gasteiger partial charge on any atom is 0.338 e. The molecule has 4 rings (SSSR count). The smallest absolute Gasteiger partial charge is 0.338 e. The van der Waals surface area contributed by atoms with Gasteiger partial charge in [0, 0.05) is 47.8 Å². The molecule has 0 unspecified atom stereocenters. The number of esters is 1. The second kappa shape index (κ2) is 12.4. The molecule has 1 aliphatic rings. The highest BCUT2D eigenvalue weighted by Crippen LogP contribution is 2.34. The quantitative estimate of drug-likeness (QED) is 0.276. The number of nitrogens with zero attached hydrogens (tertiary/aromatic N) is 2. The topological polar surface area (TPSA) is 88.6 Å². The fourth-order valence-electron chi connectivity index (χ4n) is 3.95. The number of carbonyl (C=O) groups is 3. The van der Waals surface area contributed by atoms with Crippen molar-refractivity contribution >= 4 is 58.0 Å². The molecule has 1 aromatic heterocycles. The SMILES string of the molecule is CCOC(=O)c1ccc(NC(=O)/C=C/C(=O)N2CCC(c3nc(-c4ccc(Cl)c(Cl)c4)cs3)CC2)cc1. The van der Waals surface area contributed by atoms with Crippen LogP contribution < -0.4 is 5.32 Å². The van der Waals surface area contributed by atoms with Crippen LogP contribution >= 0.6 is 34.5 Å². The van der Waals surface area contributed by atoms with E-state index >= 15 is 0 Å². The van der Waals surface area contributed by atoms with E-state index in [-0.39, 0.29) is 11.8 Å². The van der Waals surface area contributed by atoms with Gasteiger partial charge in [0.05, 0.1) is 32.9 Å². The number of rotatable bonds is 7. The Morgan fingerprint density at radius 1 is 1.08 bits per heavy atom. The lowest BCUT2D eigenvalue weighted by Gasteiger charge is -2.30. The van der Waals surface area contributed by atoms with Crippen LogP contribution in [-0.2, 0) is 14.3 Å². The normalized spacial score (nSPS) is 14.1. The van der Waals surface area contributed by atoms with Crippen molar-refractivity contribution in [2.75, 3.05) is 25.0 Å². The lowest BCUT2D eigenvalue weighted by Crippen LogP contribution is -2.37. The Bertz CT molecular complexity index is 1320. The molecule has 1 fully saturated rings. The predicted molar refractivity (Wildman–Crippen MR) is 146 cm³/mol. The summed E-state index contributed by atoms with van der Waals surface area (Å²) in [6.45, 7) is 3.21. The number of amides is 2. The van der Waals surface area contributed by atoms with Crippen LogP contribution in [0.1, 0.15) is 41.0 Å². The van der Waals surface area contributed by atoms with Crippen molar-refractivity contribution < 1.29 is 19.1 Å². The first-order valence-electron chi connectivity index (χ1n) is 11.8. The van der Waals surface area contributed by atoms with Crippen LogP contribution in [0.3, 0.4) is 0 Å². The molecule has 7 nitrogen and oxygen atoms in total. The van der Waals surface area contributed by atoms with Crippen LogP contribution in [0.25, 0.3) is 11.3 Å². The van der Waals surface area contributed by atoms with E-state index < -0.39 is 11.9 Å². The van der Waals surface area contributed by atoms with Gasteiger partial charge in [0.2, 0.25) is 11.8 Å². The number of carbonyl (C=O) groups excluding carboxylic acids is 3. The van der Waals surface area contributed by atoms with E-state index in [0.29, 0.717) is 41.0 Å². The second-order valence-electron chi connectivity index (χ2n) is 8.42. The Balaban J connectivity index is 1.26. The van der Waals surface area contributed by atoms with Gasteiger partial charge in [-0.2, -0.15) is 0 Å². The number of aromatic nitrogens is 1. The highest BCUT2D eigenvalue weighted by atomic mass is 35.5. The number of thiazole rings is 1. The zero-order valence-corrected chi connectivity index (χ0v) is 22.4. The number of ether oxygens (including phenoxy) is 1. The van der Waals surface area contributed by atoms with E-state index in [0.717, 1.165) is 29.1 Å². The lowest BCUT2D eigenvalue weighted by molar-refractivity contribution is -0.127. The number of halogens is 2. The summed E-state index contributed by atoms with van der Waals surface area (Å²) >= 11 is 13.8. The Kier molecular flexibility index (Phi) is 8.97. The molecule has 3 aromatic rings. The fraction of sp³-hybridized carbons (Fsp3) is 0.259. The van der Waals surface area contributed by atoms with E-state index in [1.54, 1.807) is 53.5 Å². The molecule has 0 radical (unpaired) electrons. The van der Waals surface area contributed by atoms with Gasteiger partial charge in [-0.15, -0.1) is 11.3 Å². The minimum Gasteiger partial charge on any atom is -0.462 e. The van der Waals surface area contributed by atoms with Crippen LogP contribution in [-0.4, -0.2) is 47.4 Å². The number of hydrogen-bond acceptors (Lipinski definition) is 6. The standard InChI is InChI=1S/C27H25Cl2N3O4S/c1-2-36-27(35)18-3-6-20(7-4-18)30-24(33)9-10-25(34)32-13-11-17(12-14-32)26-31-23(16-37-26)19-5-8-21(28)22(29)15-19/h3-10,15-17H,2,11-14H2,1H3,(H,30,33)/b10-9+. The molecule has 0 spiro atoms. The summed E-state index contributed by atoms with van der Waals surface area (Å²) in [7, 11) is 0. The molecule has 0 bridgehead atoms. The van der Waals surface area contributed by atoms with Gasteiger partial charge >= 0.3 is 5.97 Å². The van der Waals surface area contributed by atoms with Gasteiger partial charge in [-0.1, -0.05) is 29.3 Å². The number of anilines is 1. The summed E-state index contributed by atoms with van der Waals surface area (Å²) in [5, 5.41) is 6.73. The highest BCUT2D eigenvalue weighted by molar-refractivity contribution is 7.10. The Morgan fingerprint density at radius 2 is 1.81 bits per heavy atom. The first kappa shape index (κ1) is 26.9. The summed E-state index contributed by atoms with van der Waals surface area (Å²) in [5.41, 5.74) is 2.70. The molecule has 0 aliphatic carbocycles. The monoisotopic (exact) mass is 557 g/mol. The second-order valence-corrected chi connectivity index (χ2v) is 10.1. The van der Waals surface area contributed by atoms with E-state index in [2.05, 4.69) is 5.32 Å². The summed E-state index contributed by atoms with van der Waals surface area (Å²) in [5.74, 6) is -0.779. The predicted octanol–water partition coefficient (Wildman–Crippen LogP) is 6.19. The largest absolute Gasteiger partial charge is 0.462 e. The maximum atomic E-state index is 12.6. The maximum absolute atomic E-state index is 12.6. The number of piperidine rings is 1. The van der Waals surface area contributed by atoms with Crippen molar-refractivity contribution in [2.24, 2.45) is 0 Å². The van der Waals surface area contributed by atoms with Crippen molar-refractivity contribution in [2.45, 2.75) is 25.7 Å². The average molecular weight is 558 g/mol. The zero-order valence-electron chi connectivity index (χ0n) is 20.1. The Labute approximate surface area is 229 Å². The summed E-state index contributed by atoms with van der Waals surface area (Å²) in [4.78, 5) is 43.1. The summed E-state index contributed by atoms with van der Waals surface area (Å²) in [6, 6.07) is 11.8. The van der Waals surface area contributed by atoms with E-state index in [1.165, 1.54) is 12.2 Å². The minimum atomic E-state index is -0.426. The molecule has 2 heterocycles. The van der Waals surface area contributed by atoms with Gasteiger partial charge in [-0.25, -0.2) is 9.78 Å². The molecule has 192 valence electrons. The van der Waals surface area contributed by atoms with Crippen molar-refractivity contribution in [1.29, 1.82) is 0 Å². The first-order valence-corrected chi connectivity index (χ1v) is 13.4. The van der Waals surface area contributed by atoms with Gasteiger partial charge in [0.1, 0.15) is 0 Å². The zero-order chi connectivity index (χ0) is 26.4. The van der Waals surface area contributed by atoms with E-state index in [1.807, 2.05) is 17.5 Å². The Morgan fingerprint density at radius 3 is 2.49 bits per heavy atom. The first-order chi connectivity index (χ1) is 17.8. The minimum absolute atomic E-state index is 0.207. The third-order valence-corrected chi connectivity index (χ3v) is 7.68. The fourth-order valence-corrected chi connectivity index (χ4v) is 5.25. The Hall–Kier alpha value is -3.20. The molecule has 0 saturated carbocycles. The van der Waals surface area contributed by atoms with E-state index in [4.69, 9.17) is 32.9 Å². The number of nitrogens with one attached hydrogen (secondary N) is 1. The van der Waals surface area contributed by atoms with Crippen molar-refractivity contribution in [3.63, 3.8) is 0 Å². The van der Waals surface area contributed by atoms with Crippen molar-refractivity contribution in [3.05, 3.63) is 80.6 Å². The third-order valence-electron chi connectivity index (χ3n) is 5.93. The number of benzene rings is 2. The van der Waals surface area contributed by atoms with E-state index in [9.17, 15) is 14.4 Å². The van der Waals surface area contributed by atoms with Crippen LogP contribution in [0.5, 0.6) is 0 Å². The van der Waals surface area contributed by atoms with Gasteiger partial charge < -0.3 is 15.0 Å². The van der Waals surface area contributed by atoms with Crippen molar-refractivity contribution in [1.82, 2.24) is 9.88 Å². The molecule has 2 aromatic carbocycles. The highest BCUT2D eigenvalue weighted by Gasteiger charge is 2.25. The number of likely N-dealkylation sites (tertiary alicyclic amines) is 1. The average Bonchev–Trinajstić information content (AvgIpc) is 3.40. The lowest BCUT2D eigenvalue weighted by atomic mass is 9.97. The molecule has 1 N–H and O–H groups in total. The van der Waals surface area contributed by atoms with Crippen LogP contribution in [0, 0.1) is 0 Å². The summed E-state index contributed by atoms with van der Waals surface area (Å²) < 4.78 is 4.94. The molecule has 37 heavy (non-hydrogen) atoms. The van der Waals surface area contributed by atoms with Crippen molar-refractivity contribution in [3.8, 4) is 11.3 Å². The van der Waals surface area contributed by atoms with Gasteiger partial charge in [0.25, 0.3) is 0 Å². The molecular formula is C27H25Cl2N3O4S. The molecule has 2 amide bonds. The van der Waals surface area contributed by atoms with Crippen LogP contribution in [0.4, 0.5) is 5.69 Å². The van der Waals surface area contributed by atoms with Gasteiger partial charge in [-0.05, 0) is 56.2 Å². The molecule has 1 saturated heterocycles. The molecular weight excluding hydrogens is 533 g/mol.